The van der Waals surface area contributed by atoms with Crippen molar-refractivity contribution in [2.45, 2.75) is 38.9 Å². The van der Waals surface area contributed by atoms with Crippen molar-refractivity contribution in [1.82, 2.24) is 5.01 Å². The molecule has 1 aromatic carbocycles. The van der Waals surface area contributed by atoms with Gasteiger partial charge in [-0.2, -0.15) is 5.10 Å². The highest BCUT2D eigenvalue weighted by molar-refractivity contribution is 7.99. The number of aliphatic imine (C=N–C) groups is 1. The second-order valence-corrected chi connectivity index (χ2v) is 6.40. The van der Waals surface area contributed by atoms with Gasteiger partial charge in [0.25, 0.3) is 0 Å². The molecule has 0 saturated carbocycles. The van der Waals surface area contributed by atoms with Crippen LogP contribution in [0.3, 0.4) is 0 Å². The second kappa shape index (κ2) is 7.72. The third-order valence-electron chi connectivity index (χ3n) is 3.51. The summed E-state index contributed by atoms with van der Waals surface area (Å²) in [6.07, 6.45) is 0.0869. The molecule has 0 spiro atoms. The lowest BCUT2D eigenvalue weighted by atomic mass is 10.0. The number of alkyl halides is 1. The summed E-state index contributed by atoms with van der Waals surface area (Å²) in [6.45, 7) is 7.43. The zero-order valence-electron chi connectivity index (χ0n) is 12.9. The molecule has 1 aliphatic heterocycles. The summed E-state index contributed by atoms with van der Waals surface area (Å²) in [7, 11) is 0. The fraction of sp³-hybridized carbons (Fsp3) is 0.500. The maximum Gasteiger partial charge on any atom is 0.161 e. The van der Waals surface area contributed by atoms with Crippen LogP contribution in [0, 0.1) is 12.7 Å². The number of hydrogen-bond acceptors (Lipinski definition) is 3. The van der Waals surface area contributed by atoms with Crippen molar-refractivity contribution in [3.63, 3.8) is 0 Å². The molecule has 0 N–H and O–H groups in total. The van der Waals surface area contributed by atoms with Crippen LogP contribution in [-0.2, 0) is 0 Å². The lowest BCUT2D eigenvalue weighted by molar-refractivity contribution is 0.345. The Bertz CT molecular complexity index is 542. The molecule has 0 radical (unpaired) electrons. The molecule has 3 nitrogen and oxygen atoms in total. The average molecular weight is 325 g/mol. The van der Waals surface area contributed by atoms with E-state index in [4.69, 9.17) is 0 Å². The average Bonchev–Trinajstić information content (AvgIpc) is 2.79. The maximum absolute atomic E-state index is 14.3. The molecule has 2 unspecified atom stereocenters. The van der Waals surface area contributed by atoms with Gasteiger partial charge in [0.15, 0.2) is 12.0 Å². The van der Waals surface area contributed by atoms with E-state index < -0.39 is 6.17 Å². The molecular formula is C16H21F2N3S. The molecule has 2 rings (SSSR count). The summed E-state index contributed by atoms with van der Waals surface area (Å²) in [5.41, 5.74) is 1.51. The standard InChI is InChI=1S/C16H21F2N3S/c1-4-5-22-10-20-16-14(18)9-15(21(16)19-3)12-6-11(2)7-13(17)8-12/h6-8,14-15H,3-5,9-10H2,1-2H3/b20-16-. The van der Waals surface area contributed by atoms with Gasteiger partial charge in [0.2, 0.25) is 0 Å². The molecule has 2 atom stereocenters. The van der Waals surface area contributed by atoms with Crippen LogP contribution < -0.4 is 0 Å². The Morgan fingerprint density at radius 2 is 2.18 bits per heavy atom. The van der Waals surface area contributed by atoms with E-state index in [1.165, 1.54) is 17.1 Å². The largest absolute Gasteiger partial charge is 0.257 e. The summed E-state index contributed by atoms with van der Waals surface area (Å²) < 4.78 is 27.9. The molecule has 22 heavy (non-hydrogen) atoms. The molecule has 1 aliphatic rings. The number of amidine groups is 1. The van der Waals surface area contributed by atoms with E-state index in [9.17, 15) is 8.78 Å². The van der Waals surface area contributed by atoms with Gasteiger partial charge in [-0.1, -0.05) is 13.0 Å². The van der Waals surface area contributed by atoms with Gasteiger partial charge in [0, 0.05) is 13.1 Å². The third-order valence-corrected chi connectivity index (χ3v) is 4.52. The molecular weight excluding hydrogens is 304 g/mol. The highest BCUT2D eigenvalue weighted by atomic mass is 32.2. The number of rotatable bonds is 6. The van der Waals surface area contributed by atoms with Gasteiger partial charge in [-0.15, -0.1) is 11.8 Å². The Labute approximate surface area is 134 Å². The predicted octanol–water partition coefficient (Wildman–Crippen LogP) is 4.33. The van der Waals surface area contributed by atoms with Crippen LogP contribution in [0.25, 0.3) is 0 Å². The topological polar surface area (TPSA) is 28.0 Å². The van der Waals surface area contributed by atoms with E-state index in [0.29, 0.717) is 17.3 Å². The van der Waals surface area contributed by atoms with Crippen LogP contribution in [0.1, 0.15) is 36.9 Å². The summed E-state index contributed by atoms with van der Waals surface area (Å²) in [4.78, 5) is 4.32. The minimum absolute atomic E-state index is 0.221. The van der Waals surface area contributed by atoms with E-state index in [1.54, 1.807) is 11.8 Å². The first-order valence-corrected chi connectivity index (χ1v) is 8.51. The molecule has 0 aliphatic carbocycles. The molecule has 0 bridgehead atoms. The highest BCUT2D eigenvalue weighted by Gasteiger charge is 2.38. The van der Waals surface area contributed by atoms with Crippen LogP contribution in [-0.4, -0.2) is 35.4 Å². The van der Waals surface area contributed by atoms with Crippen molar-refractivity contribution in [3.8, 4) is 0 Å². The SMILES string of the molecule is C=NN1/C(=N\CSCCC)C(F)CC1c1cc(C)cc(F)c1. The van der Waals surface area contributed by atoms with Crippen molar-refractivity contribution >= 4 is 24.3 Å². The molecule has 0 amide bonds. The number of halogens is 2. The summed E-state index contributed by atoms with van der Waals surface area (Å²) in [6, 6.07) is 4.38. The van der Waals surface area contributed by atoms with E-state index in [0.717, 1.165) is 17.7 Å². The molecule has 120 valence electrons. The fourth-order valence-electron chi connectivity index (χ4n) is 2.60. The predicted molar refractivity (Wildman–Crippen MR) is 89.8 cm³/mol. The van der Waals surface area contributed by atoms with Gasteiger partial charge in [0.1, 0.15) is 5.82 Å². The summed E-state index contributed by atoms with van der Waals surface area (Å²) >= 11 is 1.65. The van der Waals surface area contributed by atoms with E-state index >= 15 is 0 Å². The van der Waals surface area contributed by atoms with Crippen LogP contribution in [0.5, 0.6) is 0 Å². The Hall–Kier alpha value is -1.43. The smallest absolute Gasteiger partial charge is 0.161 e. The molecule has 1 fully saturated rings. The Morgan fingerprint density at radius 1 is 1.41 bits per heavy atom. The fourth-order valence-corrected chi connectivity index (χ4v) is 3.24. The number of benzene rings is 1. The van der Waals surface area contributed by atoms with E-state index in [2.05, 4.69) is 23.7 Å². The number of hydrazone groups is 1. The molecule has 6 heteroatoms. The van der Waals surface area contributed by atoms with Gasteiger partial charge < -0.3 is 0 Å². The zero-order chi connectivity index (χ0) is 16.1. The van der Waals surface area contributed by atoms with Crippen molar-refractivity contribution in [2.75, 3.05) is 11.6 Å². The Kier molecular flexibility index (Phi) is 5.94. The van der Waals surface area contributed by atoms with Gasteiger partial charge in [-0.05, 0) is 42.4 Å². The third kappa shape index (κ3) is 3.85. The van der Waals surface area contributed by atoms with Crippen molar-refractivity contribution in [2.24, 2.45) is 10.1 Å². The van der Waals surface area contributed by atoms with Crippen LogP contribution in [0.15, 0.2) is 28.3 Å². The van der Waals surface area contributed by atoms with Gasteiger partial charge >= 0.3 is 0 Å². The first-order valence-electron chi connectivity index (χ1n) is 7.36. The normalized spacial score (nSPS) is 23.3. The first-order chi connectivity index (χ1) is 10.6. The van der Waals surface area contributed by atoms with Crippen LogP contribution in [0.4, 0.5) is 8.78 Å². The van der Waals surface area contributed by atoms with Crippen molar-refractivity contribution in [3.05, 3.63) is 35.1 Å². The van der Waals surface area contributed by atoms with E-state index in [1.807, 2.05) is 13.0 Å². The number of thioether (sulfide) groups is 1. The molecule has 1 saturated heterocycles. The van der Waals surface area contributed by atoms with Gasteiger partial charge in [-0.25, -0.2) is 13.8 Å². The minimum Gasteiger partial charge on any atom is -0.257 e. The van der Waals surface area contributed by atoms with Gasteiger partial charge in [-0.3, -0.25) is 4.99 Å². The summed E-state index contributed by atoms with van der Waals surface area (Å²) in [5.74, 6) is 1.47. The molecule has 1 aromatic rings. The maximum atomic E-state index is 14.3. The Morgan fingerprint density at radius 3 is 2.82 bits per heavy atom. The van der Waals surface area contributed by atoms with Crippen molar-refractivity contribution in [1.29, 1.82) is 0 Å². The van der Waals surface area contributed by atoms with Gasteiger partial charge in [0.05, 0.1) is 11.9 Å². The molecule has 1 heterocycles. The number of nitrogens with zero attached hydrogens (tertiary/aromatic N) is 3. The lowest BCUT2D eigenvalue weighted by Gasteiger charge is -2.21. The summed E-state index contributed by atoms with van der Waals surface area (Å²) in [5, 5.41) is 5.41. The monoisotopic (exact) mass is 325 g/mol. The second-order valence-electron chi connectivity index (χ2n) is 5.32. The van der Waals surface area contributed by atoms with Crippen LogP contribution >= 0.6 is 11.8 Å². The van der Waals surface area contributed by atoms with Crippen molar-refractivity contribution < 1.29 is 8.78 Å². The number of hydrogen-bond donors (Lipinski definition) is 0. The minimum atomic E-state index is -1.19. The Balaban J connectivity index is 2.21. The highest BCUT2D eigenvalue weighted by Crippen LogP contribution is 2.36. The zero-order valence-corrected chi connectivity index (χ0v) is 13.7. The quantitative estimate of drug-likeness (QED) is 0.575. The molecule has 0 aromatic heterocycles. The number of aryl methyl sites for hydroxylation is 1. The van der Waals surface area contributed by atoms with Crippen LogP contribution in [0.2, 0.25) is 0 Å². The van der Waals surface area contributed by atoms with E-state index in [-0.39, 0.29) is 18.3 Å². The first kappa shape index (κ1) is 16.9. The lowest BCUT2D eigenvalue weighted by Crippen LogP contribution is -2.25.